The van der Waals surface area contributed by atoms with E-state index >= 15 is 0 Å². The van der Waals surface area contributed by atoms with Crippen LogP contribution in [-0.2, 0) is 12.3 Å². The zero-order chi connectivity index (χ0) is 20.9. The highest BCUT2D eigenvalue weighted by molar-refractivity contribution is 7.98. The Balaban J connectivity index is 1.57. The number of aromatic nitrogens is 4. The Kier molecular flexibility index (Phi) is 6.13. The van der Waals surface area contributed by atoms with Crippen LogP contribution >= 0.6 is 11.8 Å². The van der Waals surface area contributed by atoms with Gasteiger partial charge in [-0.25, -0.2) is 4.98 Å². The molecule has 0 amide bonds. The first-order chi connectivity index (χ1) is 14.7. The highest BCUT2D eigenvalue weighted by Gasteiger charge is 2.14. The summed E-state index contributed by atoms with van der Waals surface area (Å²) in [5.41, 5.74) is 1.49. The molecule has 154 valence electrons. The van der Waals surface area contributed by atoms with Crippen molar-refractivity contribution in [1.82, 2.24) is 19.7 Å². The highest BCUT2D eigenvalue weighted by atomic mass is 32.2. The maximum absolute atomic E-state index is 12.9. The Labute approximate surface area is 178 Å². The molecule has 0 saturated carbocycles. The van der Waals surface area contributed by atoms with Crippen LogP contribution in [0, 0.1) is 0 Å². The van der Waals surface area contributed by atoms with Gasteiger partial charge in [0.25, 0.3) is 5.56 Å². The molecular weight excluding hydrogens is 400 g/mol. The van der Waals surface area contributed by atoms with Gasteiger partial charge in [-0.05, 0) is 37.6 Å². The second-order valence-corrected chi connectivity index (χ2v) is 7.57. The van der Waals surface area contributed by atoms with Crippen LogP contribution in [0.5, 0.6) is 5.75 Å². The number of rotatable bonds is 8. The van der Waals surface area contributed by atoms with Crippen LogP contribution in [0.4, 0.5) is 0 Å². The first-order valence-electron chi connectivity index (χ1n) is 9.87. The van der Waals surface area contributed by atoms with E-state index in [-0.39, 0.29) is 5.56 Å². The predicted molar refractivity (Wildman–Crippen MR) is 117 cm³/mol. The molecule has 0 saturated heterocycles. The molecule has 30 heavy (non-hydrogen) atoms. The van der Waals surface area contributed by atoms with Gasteiger partial charge < -0.3 is 9.26 Å². The van der Waals surface area contributed by atoms with Gasteiger partial charge in [0.15, 0.2) is 5.16 Å². The molecule has 0 spiro atoms. The van der Waals surface area contributed by atoms with E-state index in [0.29, 0.717) is 46.7 Å². The maximum atomic E-state index is 12.9. The zero-order valence-electron chi connectivity index (χ0n) is 16.9. The van der Waals surface area contributed by atoms with E-state index < -0.39 is 0 Å². The Morgan fingerprint density at radius 2 is 1.97 bits per heavy atom. The van der Waals surface area contributed by atoms with Gasteiger partial charge in [0.05, 0.1) is 23.3 Å². The third-order valence-electron chi connectivity index (χ3n) is 4.47. The van der Waals surface area contributed by atoms with Crippen LogP contribution < -0.4 is 10.3 Å². The van der Waals surface area contributed by atoms with E-state index in [4.69, 9.17) is 9.26 Å². The van der Waals surface area contributed by atoms with Gasteiger partial charge in [-0.3, -0.25) is 9.36 Å². The number of hydrogen-bond acceptors (Lipinski definition) is 7. The average molecular weight is 423 g/mol. The molecule has 0 aliphatic rings. The van der Waals surface area contributed by atoms with E-state index in [1.54, 1.807) is 4.57 Å². The van der Waals surface area contributed by atoms with Gasteiger partial charge in [-0.2, -0.15) is 4.98 Å². The number of nitrogens with zero attached hydrogens (tertiary/aromatic N) is 4. The van der Waals surface area contributed by atoms with Crippen molar-refractivity contribution in [3.63, 3.8) is 0 Å². The van der Waals surface area contributed by atoms with Gasteiger partial charge >= 0.3 is 0 Å². The molecule has 2 aromatic heterocycles. The van der Waals surface area contributed by atoms with Gasteiger partial charge in [0.1, 0.15) is 5.75 Å². The fourth-order valence-corrected chi connectivity index (χ4v) is 3.99. The molecule has 0 unspecified atom stereocenters. The minimum atomic E-state index is -0.0242. The Morgan fingerprint density at radius 1 is 1.10 bits per heavy atom. The number of benzene rings is 2. The molecule has 0 bridgehead atoms. The van der Waals surface area contributed by atoms with Crippen molar-refractivity contribution in [2.75, 3.05) is 6.61 Å². The fourth-order valence-electron chi connectivity index (χ4n) is 3.13. The maximum Gasteiger partial charge on any atom is 0.262 e. The molecule has 4 rings (SSSR count). The molecule has 2 aromatic carbocycles. The van der Waals surface area contributed by atoms with Crippen molar-refractivity contribution in [2.24, 2.45) is 0 Å². The van der Waals surface area contributed by atoms with Crippen molar-refractivity contribution in [3.05, 3.63) is 64.8 Å². The highest BCUT2D eigenvalue weighted by Crippen LogP contribution is 2.25. The lowest BCUT2D eigenvalue weighted by Gasteiger charge is -2.11. The van der Waals surface area contributed by atoms with E-state index in [2.05, 4.69) is 15.1 Å². The first kappa shape index (κ1) is 20.2. The lowest BCUT2D eigenvalue weighted by molar-refractivity contribution is 0.340. The Hall–Kier alpha value is -3.13. The summed E-state index contributed by atoms with van der Waals surface area (Å²) in [5.74, 6) is 2.17. The summed E-state index contributed by atoms with van der Waals surface area (Å²) in [5, 5.41) is 5.36. The van der Waals surface area contributed by atoms with Crippen molar-refractivity contribution in [1.29, 1.82) is 0 Å². The molecule has 7 nitrogen and oxygen atoms in total. The third-order valence-corrected chi connectivity index (χ3v) is 5.43. The first-order valence-corrected chi connectivity index (χ1v) is 10.9. The average Bonchev–Trinajstić information content (AvgIpc) is 3.24. The molecule has 0 atom stereocenters. The molecule has 0 aliphatic heterocycles. The van der Waals surface area contributed by atoms with Gasteiger partial charge in [0.2, 0.25) is 11.7 Å². The number of ether oxygens (including phenoxy) is 1. The zero-order valence-corrected chi connectivity index (χ0v) is 17.7. The van der Waals surface area contributed by atoms with Crippen molar-refractivity contribution in [3.8, 4) is 17.1 Å². The molecule has 8 heteroatoms. The summed E-state index contributed by atoms with van der Waals surface area (Å²) in [6, 6.07) is 15.0. The predicted octanol–water partition coefficient (Wildman–Crippen LogP) is 4.55. The summed E-state index contributed by atoms with van der Waals surface area (Å²) >= 11 is 1.42. The van der Waals surface area contributed by atoms with Gasteiger partial charge in [0, 0.05) is 12.1 Å². The van der Waals surface area contributed by atoms with E-state index in [1.807, 2.05) is 62.4 Å². The number of hydrogen-bond donors (Lipinski definition) is 0. The van der Waals surface area contributed by atoms with Crippen LogP contribution in [0.2, 0.25) is 0 Å². The van der Waals surface area contributed by atoms with E-state index in [0.717, 1.165) is 17.7 Å². The third kappa shape index (κ3) is 4.23. The van der Waals surface area contributed by atoms with Crippen LogP contribution in [0.25, 0.3) is 22.3 Å². The van der Waals surface area contributed by atoms with Gasteiger partial charge in [-0.15, -0.1) is 0 Å². The van der Waals surface area contributed by atoms with Gasteiger partial charge in [-0.1, -0.05) is 48.1 Å². The molecule has 0 radical (unpaired) electrons. The lowest BCUT2D eigenvalue weighted by atomic mass is 10.2. The second kappa shape index (κ2) is 9.13. The van der Waals surface area contributed by atoms with Crippen molar-refractivity contribution in [2.45, 2.75) is 37.7 Å². The SMILES string of the molecule is CCCn1c(SCc2nc(-c3cccc(OCC)c3)no2)nc2ccccc2c1=O. The minimum absolute atomic E-state index is 0.0242. The standard InChI is InChI=1S/C22H22N4O3S/c1-3-12-26-21(27)17-10-5-6-11-18(17)23-22(26)30-14-19-24-20(25-29-19)15-8-7-9-16(13-15)28-4-2/h5-11,13H,3-4,12,14H2,1-2H3. The summed E-state index contributed by atoms with van der Waals surface area (Å²) in [7, 11) is 0. The molecule has 4 aromatic rings. The number of para-hydroxylation sites is 1. The summed E-state index contributed by atoms with van der Waals surface area (Å²) in [6.07, 6.45) is 0.842. The van der Waals surface area contributed by atoms with Crippen LogP contribution in [0.3, 0.4) is 0 Å². The Morgan fingerprint density at radius 3 is 2.80 bits per heavy atom. The summed E-state index contributed by atoms with van der Waals surface area (Å²) in [4.78, 5) is 22.0. The van der Waals surface area contributed by atoms with Crippen molar-refractivity contribution >= 4 is 22.7 Å². The van der Waals surface area contributed by atoms with E-state index in [9.17, 15) is 4.79 Å². The topological polar surface area (TPSA) is 83.0 Å². The van der Waals surface area contributed by atoms with Crippen LogP contribution in [0.1, 0.15) is 26.2 Å². The number of thioether (sulfide) groups is 1. The number of fused-ring (bicyclic) bond motifs is 1. The molecule has 0 aliphatic carbocycles. The van der Waals surface area contributed by atoms with Crippen molar-refractivity contribution < 1.29 is 9.26 Å². The normalized spacial score (nSPS) is 11.1. The van der Waals surface area contributed by atoms with Crippen LogP contribution in [-0.4, -0.2) is 26.3 Å². The lowest BCUT2D eigenvalue weighted by Crippen LogP contribution is -2.23. The molecule has 0 N–H and O–H groups in total. The van der Waals surface area contributed by atoms with Crippen LogP contribution in [0.15, 0.2) is 63.0 Å². The monoisotopic (exact) mass is 422 g/mol. The largest absolute Gasteiger partial charge is 0.494 e. The fraction of sp³-hybridized carbons (Fsp3) is 0.273. The minimum Gasteiger partial charge on any atom is -0.494 e. The Bertz CT molecular complexity index is 1220. The molecule has 0 fully saturated rings. The molecular formula is C22H22N4O3S. The second-order valence-electron chi connectivity index (χ2n) is 6.63. The molecule has 2 heterocycles. The summed E-state index contributed by atoms with van der Waals surface area (Å²) in [6.45, 7) is 5.18. The van der Waals surface area contributed by atoms with E-state index in [1.165, 1.54) is 11.8 Å². The summed E-state index contributed by atoms with van der Waals surface area (Å²) < 4.78 is 12.7. The smallest absolute Gasteiger partial charge is 0.262 e. The quantitative estimate of drug-likeness (QED) is 0.304.